The highest BCUT2D eigenvalue weighted by atomic mass is 19.1. The van der Waals surface area contributed by atoms with Crippen molar-refractivity contribution in [2.75, 3.05) is 6.54 Å². The number of hydrogen-bond donors (Lipinski definition) is 0. The highest BCUT2D eigenvalue weighted by Gasteiger charge is 2.27. The molecule has 1 aromatic carbocycles. The Morgan fingerprint density at radius 3 is 2.61 bits per heavy atom. The summed E-state index contributed by atoms with van der Waals surface area (Å²) < 4.78 is 15.0. The Hall–Kier alpha value is -2.17. The van der Waals surface area contributed by atoms with E-state index in [1.165, 1.54) is 17.8 Å². The predicted octanol–water partition coefficient (Wildman–Crippen LogP) is 2.90. The molecule has 0 spiro atoms. The fourth-order valence-corrected chi connectivity index (χ4v) is 3.01. The van der Waals surface area contributed by atoms with E-state index in [9.17, 15) is 9.18 Å². The molecule has 0 saturated heterocycles. The third kappa shape index (κ3) is 3.28. The number of benzene rings is 1. The summed E-state index contributed by atoms with van der Waals surface area (Å²) in [7, 11) is 0. The average molecular weight is 315 g/mol. The van der Waals surface area contributed by atoms with Crippen LogP contribution in [0.4, 0.5) is 4.39 Å². The topological polar surface area (TPSA) is 38.1 Å². The molecule has 1 amide bonds. The molecule has 1 aliphatic heterocycles. The molecule has 2 aromatic rings. The van der Waals surface area contributed by atoms with Crippen molar-refractivity contribution in [1.82, 2.24) is 14.7 Å². The molecule has 3 rings (SSSR count). The Bertz CT molecular complexity index is 713. The molecule has 0 radical (unpaired) electrons. The van der Waals surface area contributed by atoms with Gasteiger partial charge in [-0.15, -0.1) is 0 Å². The van der Waals surface area contributed by atoms with Crippen molar-refractivity contribution in [3.8, 4) is 0 Å². The van der Waals surface area contributed by atoms with Crippen molar-refractivity contribution >= 4 is 5.91 Å². The Labute approximate surface area is 135 Å². The van der Waals surface area contributed by atoms with Gasteiger partial charge in [0, 0.05) is 30.8 Å². The van der Waals surface area contributed by atoms with Crippen molar-refractivity contribution in [2.24, 2.45) is 0 Å². The molecule has 0 N–H and O–H groups in total. The van der Waals surface area contributed by atoms with Crippen LogP contribution in [0.1, 0.15) is 37.6 Å². The fraction of sp³-hybridized carbons (Fsp3) is 0.444. The molecule has 1 aliphatic rings. The Morgan fingerprint density at radius 2 is 1.96 bits per heavy atom. The highest BCUT2D eigenvalue weighted by molar-refractivity contribution is 5.79. The third-order valence-corrected chi connectivity index (χ3v) is 4.19. The van der Waals surface area contributed by atoms with E-state index in [4.69, 9.17) is 0 Å². The number of aromatic nitrogens is 2. The largest absolute Gasteiger partial charge is 0.338 e. The molecule has 5 heteroatoms. The van der Waals surface area contributed by atoms with Crippen LogP contribution in [0.5, 0.6) is 0 Å². The van der Waals surface area contributed by atoms with Gasteiger partial charge in [0.1, 0.15) is 5.82 Å². The molecule has 23 heavy (non-hydrogen) atoms. The SMILES string of the molecule is CC(C)(C)n1ncc2c1CCN(C(=O)Cc1ccc(F)cc1)C2. The zero-order valence-corrected chi connectivity index (χ0v) is 13.8. The highest BCUT2D eigenvalue weighted by Crippen LogP contribution is 2.24. The van der Waals surface area contributed by atoms with Crippen molar-refractivity contribution in [3.05, 3.63) is 53.1 Å². The number of fused-ring (bicyclic) bond motifs is 1. The molecule has 0 fully saturated rings. The van der Waals surface area contributed by atoms with Crippen LogP contribution >= 0.6 is 0 Å². The van der Waals surface area contributed by atoms with Gasteiger partial charge >= 0.3 is 0 Å². The molecule has 122 valence electrons. The van der Waals surface area contributed by atoms with Gasteiger partial charge in [-0.1, -0.05) is 12.1 Å². The van der Waals surface area contributed by atoms with E-state index >= 15 is 0 Å². The average Bonchev–Trinajstić information content (AvgIpc) is 2.92. The molecule has 0 atom stereocenters. The van der Waals surface area contributed by atoms with Crippen molar-refractivity contribution < 1.29 is 9.18 Å². The van der Waals surface area contributed by atoms with Gasteiger partial charge in [-0.05, 0) is 38.5 Å². The number of nitrogens with zero attached hydrogens (tertiary/aromatic N) is 3. The van der Waals surface area contributed by atoms with Gasteiger partial charge in [-0.3, -0.25) is 9.48 Å². The van der Waals surface area contributed by atoms with Gasteiger partial charge in [0.25, 0.3) is 0 Å². The number of amides is 1. The molecular weight excluding hydrogens is 293 g/mol. The van der Waals surface area contributed by atoms with Crippen LogP contribution < -0.4 is 0 Å². The lowest BCUT2D eigenvalue weighted by atomic mass is 10.0. The second kappa shape index (κ2) is 5.80. The van der Waals surface area contributed by atoms with E-state index in [-0.39, 0.29) is 17.3 Å². The Morgan fingerprint density at radius 1 is 1.26 bits per heavy atom. The molecule has 0 saturated carbocycles. The number of carbonyl (C=O) groups is 1. The summed E-state index contributed by atoms with van der Waals surface area (Å²) in [5.41, 5.74) is 3.14. The molecular formula is C18H22FN3O. The summed E-state index contributed by atoms with van der Waals surface area (Å²) in [6.45, 7) is 7.70. The molecule has 2 heterocycles. The van der Waals surface area contributed by atoms with Crippen molar-refractivity contribution in [3.63, 3.8) is 0 Å². The van der Waals surface area contributed by atoms with E-state index < -0.39 is 0 Å². The maximum atomic E-state index is 12.9. The zero-order chi connectivity index (χ0) is 16.6. The minimum atomic E-state index is -0.279. The lowest BCUT2D eigenvalue weighted by molar-refractivity contribution is -0.131. The standard InChI is InChI=1S/C18H22FN3O/c1-18(2,3)22-16-8-9-21(12-14(16)11-20-22)17(23)10-13-4-6-15(19)7-5-13/h4-7,11H,8-10,12H2,1-3H3. The first-order valence-corrected chi connectivity index (χ1v) is 7.93. The van der Waals surface area contributed by atoms with Gasteiger partial charge in [-0.25, -0.2) is 4.39 Å². The first-order chi connectivity index (χ1) is 10.8. The summed E-state index contributed by atoms with van der Waals surface area (Å²) in [4.78, 5) is 14.3. The number of hydrogen-bond acceptors (Lipinski definition) is 2. The van der Waals surface area contributed by atoms with E-state index in [2.05, 4.69) is 30.6 Å². The molecule has 0 aliphatic carbocycles. The predicted molar refractivity (Wildman–Crippen MR) is 86.4 cm³/mol. The third-order valence-electron chi connectivity index (χ3n) is 4.19. The van der Waals surface area contributed by atoms with E-state index in [0.717, 1.165) is 17.5 Å². The van der Waals surface area contributed by atoms with Gasteiger partial charge in [0.15, 0.2) is 0 Å². The van der Waals surface area contributed by atoms with Crippen LogP contribution in [0.15, 0.2) is 30.5 Å². The van der Waals surface area contributed by atoms with Crippen molar-refractivity contribution in [2.45, 2.75) is 45.7 Å². The monoisotopic (exact) mass is 315 g/mol. The van der Waals surface area contributed by atoms with Crippen molar-refractivity contribution in [1.29, 1.82) is 0 Å². The van der Waals surface area contributed by atoms with Crippen LogP contribution in [-0.4, -0.2) is 27.1 Å². The van der Waals surface area contributed by atoms with Crippen LogP contribution in [0.3, 0.4) is 0 Å². The summed E-state index contributed by atoms with van der Waals surface area (Å²) in [6, 6.07) is 6.12. The van der Waals surface area contributed by atoms with Crippen LogP contribution in [0.25, 0.3) is 0 Å². The Kier molecular flexibility index (Phi) is 3.96. The van der Waals surface area contributed by atoms with Gasteiger partial charge < -0.3 is 4.90 Å². The summed E-state index contributed by atoms with van der Waals surface area (Å²) in [5.74, 6) is -0.204. The van der Waals surface area contributed by atoms with Crippen LogP contribution in [0.2, 0.25) is 0 Å². The number of carbonyl (C=O) groups excluding carboxylic acids is 1. The van der Waals surface area contributed by atoms with Gasteiger partial charge in [-0.2, -0.15) is 5.10 Å². The first-order valence-electron chi connectivity index (χ1n) is 7.93. The molecule has 0 unspecified atom stereocenters. The first kappa shape index (κ1) is 15.7. The second-order valence-corrected chi connectivity index (χ2v) is 7.07. The second-order valence-electron chi connectivity index (χ2n) is 7.07. The number of rotatable bonds is 2. The van der Waals surface area contributed by atoms with Gasteiger partial charge in [0.2, 0.25) is 5.91 Å². The van der Waals surface area contributed by atoms with E-state index in [0.29, 0.717) is 19.5 Å². The zero-order valence-electron chi connectivity index (χ0n) is 13.8. The maximum Gasteiger partial charge on any atom is 0.227 e. The summed E-state index contributed by atoms with van der Waals surface area (Å²) in [6.07, 6.45) is 3.00. The molecule has 0 bridgehead atoms. The molecule has 4 nitrogen and oxygen atoms in total. The quantitative estimate of drug-likeness (QED) is 0.854. The van der Waals surface area contributed by atoms with E-state index in [1.54, 1.807) is 12.1 Å². The fourth-order valence-electron chi connectivity index (χ4n) is 3.01. The lowest BCUT2D eigenvalue weighted by Gasteiger charge is -2.30. The summed E-state index contributed by atoms with van der Waals surface area (Å²) in [5, 5.41) is 4.49. The minimum Gasteiger partial charge on any atom is -0.338 e. The van der Waals surface area contributed by atoms with Gasteiger partial charge in [0.05, 0.1) is 18.2 Å². The molecule has 1 aromatic heterocycles. The van der Waals surface area contributed by atoms with Crippen LogP contribution in [-0.2, 0) is 29.7 Å². The summed E-state index contributed by atoms with van der Waals surface area (Å²) >= 11 is 0. The number of halogens is 1. The lowest BCUT2D eigenvalue weighted by Crippen LogP contribution is -2.38. The Balaban J connectivity index is 1.71. The van der Waals surface area contributed by atoms with Crippen LogP contribution in [0, 0.1) is 5.82 Å². The smallest absolute Gasteiger partial charge is 0.227 e. The normalized spacial score (nSPS) is 14.7. The minimum absolute atomic E-state index is 0.0477. The van der Waals surface area contributed by atoms with E-state index in [1.807, 2.05) is 11.1 Å². The maximum absolute atomic E-state index is 12.9.